The number of anilines is 1. The van der Waals surface area contributed by atoms with E-state index in [4.69, 9.17) is 17.3 Å². The average molecular weight is 281 g/mol. The topological polar surface area (TPSA) is 72.2 Å². The van der Waals surface area contributed by atoms with Gasteiger partial charge in [0.15, 0.2) is 5.82 Å². The van der Waals surface area contributed by atoms with Crippen LogP contribution in [-0.4, -0.2) is 15.0 Å². The zero-order valence-corrected chi connectivity index (χ0v) is 11.1. The van der Waals surface area contributed by atoms with E-state index in [-0.39, 0.29) is 23.2 Å². The van der Waals surface area contributed by atoms with Crippen molar-refractivity contribution in [3.63, 3.8) is 0 Å². The summed E-state index contributed by atoms with van der Waals surface area (Å²) in [5, 5.41) is -0.310. The number of benzene rings is 1. The molecule has 1 aromatic carbocycles. The maximum absolute atomic E-state index is 13.6. The number of hydrogen-bond acceptors (Lipinski definition) is 3. The Morgan fingerprint density at radius 1 is 1.47 bits per heavy atom. The lowest BCUT2D eigenvalue weighted by Crippen LogP contribution is -2.28. The second-order valence-electron chi connectivity index (χ2n) is 4.06. The van der Waals surface area contributed by atoms with Crippen LogP contribution in [0.25, 0.3) is 0 Å². The van der Waals surface area contributed by atoms with Crippen LogP contribution < -0.4 is 10.5 Å². The van der Waals surface area contributed by atoms with Crippen molar-refractivity contribution < 1.29 is 12.8 Å². The summed E-state index contributed by atoms with van der Waals surface area (Å²) in [6.45, 7) is 3.89. The smallest absolute Gasteiger partial charge is 0.243 e. The van der Waals surface area contributed by atoms with Gasteiger partial charge in [-0.05, 0) is 18.1 Å². The first-order valence-electron chi connectivity index (χ1n) is 4.98. The van der Waals surface area contributed by atoms with E-state index in [0.717, 1.165) is 6.07 Å². The molecule has 0 aliphatic rings. The first kappa shape index (κ1) is 14.2. The minimum Gasteiger partial charge on any atom is -0.399 e. The Labute approximate surface area is 105 Å². The minimum absolute atomic E-state index is 0.0984. The van der Waals surface area contributed by atoms with Crippen LogP contribution in [0, 0.1) is 11.7 Å². The predicted octanol–water partition coefficient (Wildman–Crippen LogP) is 2.00. The molecule has 0 unspecified atom stereocenters. The largest absolute Gasteiger partial charge is 0.399 e. The lowest BCUT2D eigenvalue weighted by Gasteiger charge is -2.10. The highest BCUT2D eigenvalue weighted by molar-refractivity contribution is 7.89. The van der Waals surface area contributed by atoms with Crippen LogP contribution in [0.2, 0.25) is 5.02 Å². The second-order valence-corrected chi connectivity index (χ2v) is 6.20. The molecule has 0 saturated carbocycles. The van der Waals surface area contributed by atoms with Gasteiger partial charge in [-0.15, -0.1) is 0 Å². The molecule has 4 nitrogen and oxygen atoms in total. The number of rotatable bonds is 4. The van der Waals surface area contributed by atoms with Gasteiger partial charge in [-0.3, -0.25) is 0 Å². The van der Waals surface area contributed by atoms with E-state index in [1.165, 1.54) is 6.07 Å². The molecule has 0 atom stereocenters. The highest BCUT2D eigenvalue weighted by Gasteiger charge is 2.21. The third-order valence-corrected chi connectivity index (χ3v) is 3.69. The van der Waals surface area contributed by atoms with Crippen LogP contribution in [0.4, 0.5) is 10.1 Å². The summed E-state index contributed by atoms with van der Waals surface area (Å²) in [6, 6.07) is 2.21. The van der Waals surface area contributed by atoms with Gasteiger partial charge >= 0.3 is 0 Å². The molecule has 0 aromatic heterocycles. The lowest BCUT2D eigenvalue weighted by molar-refractivity contribution is 0.544. The van der Waals surface area contributed by atoms with Gasteiger partial charge < -0.3 is 5.73 Å². The van der Waals surface area contributed by atoms with Crippen molar-refractivity contribution in [2.75, 3.05) is 12.3 Å². The molecule has 3 N–H and O–H groups in total. The molecule has 0 fully saturated rings. The summed E-state index contributed by atoms with van der Waals surface area (Å²) >= 11 is 5.54. The van der Waals surface area contributed by atoms with Crippen molar-refractivity contribution in [3.05, 3.63) is 23.0 Å². The van der Waals surface area contributed by atoms with Crippen LogP contribution in [0.1, 0.15) is 13.8 Å². The summed E-state index contributed by atoms with van der Waals surface area (Å²) in [7, 11) is -3.92. The summed E-state index contributed by atoms with van der Waals surface area (Å²) in [5.74, 6) is -0.874. The molecule has 0 aliphatic carbocycles. The zero-order chi connectivity index (χ0) is 13.2. The molecule has 0 amide bonds. The van der Waals surface area contributed by atoms with E-state index in [1.807, 2.05) is 13.8 Å². The number of hydrogen-bond donors (Lipinski definition) is 2. The molecule has 7 heteroatoms. The first-order valence-corrected chi connectivity index (χ1v) is 6.84. The third kappa shape index (κ3) is 3.55. The van der Waals surface area contributed by atoms with Gasteiger partial charge in [-0.25, -0.2) is 17.5 Å². The van der Waals surface area contributed by atoms with Gasteiger partial charge in [-0.1, -0.05) is 25.4 Å². The van der Waals surface area contributed by atoms with E-state index in [1.54, 1.807) is 0 Å². The van der Waals surface area contributed by atoms with Crippen molar-refractivity contribution in [2.45, 2.75) is 18.7 Å². The Bertz CT molecular complexity index is 517. The average Bonchev–Trinajstić information content (AvgIpc) is 2.20. The summed E-state index contributed by atoms with van der Waals surface area (Å²) in [5.41, 5.74) is 5.54. The van der Waals surface area contributed by atoms with Gasteiger partial charge in [0.2, 0.25) is 10.0 Å². The van der Waals surface area contributed by atoms with Gasteiger partial charge in [-0.2, -0.15) is 0 Å². The molecular formula is C10H14ClFN2O2S. The van der Waals surface area contributed by atoms with Gasteiger partial charge in [0.25, 0.3) is 0 Å². The highest BCUT2D eigenvalue weighted by atomic mass is 35.5. The number of sulfonamides is 1. The molecule has 0 radical (unpaired) electrons. The van der Waals surface area contributed by atoms with Crippen LogP contribution in [-0.2, 0) is 10.0 Å². The van der Waals surface area contributed by atoms with Gasteiger partial charge in [0, 0.05) is 12.2 Å². The highest BCUT2D eigenvalue weighted by Crippen LogP contribution is 2.25. The van der Waals surface area contributed by atoms with Gasteiger partial charge in [0.1, 0.15) is 4.90 Å². The minimum atomic E-state index is -3.92. The predicted molar refractivity (Wildman–Crippen MR) is 65.8 cm³/mol. The summed E-state index contributed by atoms with van der Waals surface area (Å²) in [6.07, 6.45) is 0. The monoisotopic (exact) mass is 280 g/mol. The normalized spacial score (nSPS) is 12.1. The van der Waals surface area contributed by atoms with Gasteiger partial charge in [0.05, 0.1) is 5.02 Å². The second kappa shape index (κ2) is 5.20. The molecular weight excluding hydrogens is 267 g/mol. The van der Waals surface area contributed by atoms with Crippen molar-refractivity contribution in [3.8, 4) is 0 Å². The third-order valence-electron chi connectivity index (χ3n) is 1.99. The molecule has 0 heterocycles. The van der Waals surface area contributed by atoms with Crippen molar-refractivity contribution in [1.82, 2.24) is 4.72 Å². The maximum atomic E-state index is 13.6. The quantitative estimate of drug-likeness (QED) is 0.829. The number of halogens is 2. The molecule has 1 rings (SSSR count). The Morgan fingerprint density at radius 3 is 2.59 bits per heavy atom. The van der Waals surface area contributed by atoms with Crippen molar-refractivity contribution in [1.29, 1.82) is 0 Å². The molecule has 17 heavy (non-hydrogen) atoms. The van der Waals surface area contributed by atoms with E-state index in [0.29, 0.717) is 0 Å². The Morgan fingerprint density at radius 2 is 2.06 bits per heavy atom. The fourth-order valence-electron chi connectivity index (χ4n) is 1.13. The fraction of sp³-hybridized carbons (Fsp3) is 0.400. The lowest BCUT2D eigenvalue weighted by atomic mass is 10.2. The SMILES string of the molecule is CC(C)CNS(=O)(=O)c1cc(N)cc(Cl)c1F. The van der Waals surface area contributed by atoms with Crippen LogP contribution in [0.3, 0.4) is 0 Å². The zero-order valence-electron chi connectivity index (χ0n) is 9.50. The Kier molecular flexibility index (Phi) is 4.35. The van der Waals surface area contributed by atoms with Crippen molar-refractivity contribution in [2.24, 2.45) is 5.92 Å². The van der Waals surface area contributed by atoms with E-state index >= 15 is 0 Å². The summed E-state index contributed by atoms with van der Waals surface area (Å²) in [4.78, 5) is -0.525. The Balaban J connectivity index is 3.15. The molecule has 0 bridgehead atoms. The molecule has 0 aliphatic heterocycles. The maximum Gasteiger partial charge on any atom is 0.243 e. The van der Waals surface area contributed by atoms with E-state index < -0.39 is 20.7 Å². The van der Waals surface area contributed by atoms with Crippen molar-refractivity contribution >= 4 is 27.3 Å². The van der Waals surface area contributed by atoms with Crippen LogP contribution in [0.15, 0.2) is 17.0 Å². The molecule has 1 aromatic rings. The number of nitrogens with one attached hydrogen (secondary N) is 1. The number of nitrogens with two attached hydrogens (primary N) is 1. The number of nitrogen functional groups attached to an aromatic ring is 1. The summed E-state index contributed by atoms with van der Waals surface area (Å²) < 4.78 is 39.5. The molecule has 0 saturated heterocycles. The molecule has 96 valence electrons. The van der Waals surface area contributed by atoms with Crippen LogP contribution >= 0.6 is 11.6 Å². The Hall–Kier alpha value is -0.850. The fourth-order valence-corrected chi connectivity index (χ4v) is 2.76. The van der Waals surface area contributed by atoms with E-state index in [9.17, 15) is 12.8 Å². The van der Waals surface area contributed by atoms with E-state index in [2.05, 4.69) is 4.72 Å². The molecule has 0 spiro atoms. The van der Waals surface area contributed by atoms with Crippen LogP contribution in [0.5, 0.6) is 0 Å². The standard InChI is InChI=1S/C10H14ClFN2O2S/c1-6(2)5-14-17(15,16)9-4-7(13)3-8(11)10(9)12/h3-4,6,14H,5,13H2,1-2H3. The first-order chi connectivity index (χ1) is 7.74.